The summed E-state index contributed by atoms with van der Waals surface area (Å²) in [5.41, 5.74) is -3.70. The minimum Gasteiger partial charge on any atom is -0.349 e. The molecule has 0 aromatic heterocycles. The third-order valence-corrected chi connectivity index (χ3v) is 5.86. The topological polar surface area (TPSA) is 61.4 Å². The highest BCUT2D eigenvalue weighted by Crippen LogP contribution is 2.36. The van der Waals surface area contributed by atoms with Gasteiger partial charge in [-0.3, -0.25) is 9.59 Å². The van der Waals surface area contributed by atoms with Crippen molar-refractivity contribution in [2.24, 2.45) is 5.92 Å². The zero-order valence-corrected chi connectivity index (χ0v) is 18.6. The van der Waals surface area contributed by atoms with Crippen molar-refractivity contribution in [2.45, 2.75) is 57.9 Å². The molecule has 0 heterocycles. The van der Waals surface area contributed by atoms with Gasteiger partial charge in [0.2, 0.25) is 5.91 Å². The molecule has 0 radical (unpaired) electrons. The van der Waals surface area contributed by atoms with E-state index in [9.17, 15) is 35.9 Å². The fraction of sp³-hybridized carbons (Fsp3) is 0.636. The van der Waals surface area contributed by atoms with E-state index in [2.05, 4.69) is 10.6 Å². The van der Waals surface area contributed by atoms with Crippen molar-refractivity contribution in [2.75, 3.05) is 26.2 Å². The number of alkyl halides is 6. The maximum atomic E-state index is 13.0. The van der Waals surface area contributed by atoms with E-state index < -0.39 is 35.0 Å². The molecule has 33 heavy (non-hydrogen) atoms. The molecule has 1 fully saturated rings. The molecule has 0 atom stereocenters. The van der Waals surface area contributed by atoms with Crippen LogP contribution in [0.25, 0.3) is 0 Å². The van der Waals surface area contributed by atoms with E-state index in [1.165, 1.54) is 0 Å². The van der Waals surface area contributed by atoms with Gasteiger partial charge >= 0.3 is 12.4 Å². The summed E-state index contributed by atoms with van der Waals surface area (Å²) in [4.78, 5) is 26.1. The van der Waals surface area contributed by atoms with Gasteiger partial charge in [-0.05, 0) is 70.2 Å². The van der Waals surface area contributed by atoms with Crippen LogP contribution in [0.5, 0.6) is 0 Å². The fourth-order valence-corrected chi connectivity index (χ4v) is 3.94. The van der Waals surface area contributed by atoms with Crippen molar-refractivity contribution >= 4 is 11.8 Å². The zero-order chi connectivity index (χ0) is 24.8. The lowest BCUT2D eigenvalue weighted by Crippen LogP contribution is -2.41. The van der Waals surface area contributed by atoms with Gasteiger partial charge in [0, 0.05) is 24.7 Å². The molecule has 5 nitrogen and oxygen atoms in total. The number of hydrogen-bond acceptors (Lipinski definition) is 3. The minimum atomic E-state index is -5.01. The molecule has 0 bridgehead atoms. The number of rotatable bonds is 8. The van der Waals surface area contributed by atoms with E-state index in [1.54, 1.807) is 4.90 Å². The van der Waals surface area contributed by atoms with Crippen LogP contribution in [0.15, 0.2) is 18.2 Å². The van der Waals surface area contributed by atoms with Gasteiger partial charge in [-0.15, -0.1) is 0 Å². The van der Waals surface area contributed by atoms with E-state index in [0.717, 1.165) is 0 Å². The lowest BCUT2D eigenvalue weighted by atomic mass is 9.86. The first-order valence-corrected chi connectivity index (χ1v) is 10.9. The van der Waals surface area contributed by atoms with E-state index in [4.69, 9.17) is 0 Å². The van der Waals surface area contributed by atoms with Crippen LogP contribution in [0, 0.1) is 5.92 Å². The van der Waals surface area contributed by atoms with Crippen molar-refractivity contribution in [1.29, 1.82) is 0 Å². The first-order valence-electron chi connectivity index (χ1n) is 10.9. The molecule has 1 aliphatic carbocycles. The Kier molecular flexibility index (Phi) is 9.16. The zero-order valence-electron chi connectivity index (χ0n) is 18.6. The minimum absolute atomic E-state index is 0.0000317. The number of carbonyl (C=O) groups excluding carboxylic acids is 2. The summed E-state index contributed by atoms with van der Waals surface area (Å²) in [6.45, 7) is 5.93. The molecule has 1 saturated carbocycles. The number of amides is 2. The van der Waals surface area contributed by atoms with Crippen molar-refractivity contribution in [3.05, 3.63) is 34.9 Å². The summed E-state index contributed by atoms with van der Waals surface area (Å²) >= 11 is 0. The van der Waals surface area contributed by atoms with E-state index in [-0.39, 0.29) is 30.5 Å². The van der Waals surface area contributed by atoms with Gasteiger partial charge in [-0.2, -0.15) is 26.3 Å². The fourth-order valence-electron chi connectivity index (χ4n) is 3.94. The lowest BCUT2D eigenvalue weighted by Gasteiger charge is -2.29. The molecule has 0 saturated heterocycles. The second-order valence-electron chi connectivity index (χ2n) is 8.18. The summed E-state index contributed by atoms with van der Waals surface area (Å²) in [6, 6.07) is 0.537. The van der Waals surface area contributed by atoms with Crippen LogP contribution in [-0.2, 0) is 17.1 Å². The summed E-state index contributed by atoms with van der Waals surface area (Å²) in [5.74, 6) is -0.675. The Bertz CT molecular complexity index is 781. The van der Waals surface area contributed by atoms with Crippen LogP contribution in [0.4, 0.5) is 26.3 Å². The van der Waals surface area contributed by atoms with Crippen molar-refractivity contribution in [3.8, 4) is 0 Å². The molecular formula is C22H29F6N3O2. The van der Waals surface area contributed by atoms with Gasteiger partial charge in [0.05, 0.1) is 17.7 Å². The average Bonchev–Trinajstić information content (AvgIpc) is 2.74. The standard InChI is InChI=1S/C22H29F6N3O2/c1-3-31(4-2)19(32)13-29-12-14-5-7-18(8-6-14)30-20(33)15-9-16(21(23,24)25)11-17(10-15)22(26,27)28/h9-11,14,18,29H,3-8,12-13H2,1-2H3,(H,30,33). The number of halogens is 6. The highest BCUT2D eigenvalue weighted by molar-refractivity contribution is 5.94. The summed E-state index contributed by atoms with van der Waals surface area (Å²) in [7, 11) is 0. The molecule has 2 rings (SSSR count). The maximum Gasteiger partial charge on any atom is 0.416 e. The molecule has 2 amide bonds. The second kappa shape index (κ2) is 11.2. The highest BCUT2D eigenvalue weighted by Gasteiger charge is 2.37. The predicted octanol–water partition coefficient (Wildman–Crippen LogP) is 4.47. The lowest BCUT2D eigenvalue weighted by molar-refractivity contribution is -0.143. The van der Waals surface area contributed by atoms with Crippen LogP contribution in [0.1, 0.15) is 61.0 Å². The molecule has 11 heteroatoms. The Labute approximate surface area is 188 Å². The van der Waals surface area contributed by atoms with Gasteiger partial charge in [-0.25, -0.2) is 0 Å². The first-order chi connectivity index (χ1) is 15.3. The van der Waals surface area contributed by atoms with Crippen LogP contribution < -0.4 is 10.6 Å². The molecule has 0 unspecified atom stereocenters. The molecule has 0 spiro atoms. The molecule has 1 aromatic carbocycles. The Morgan fingerprint density at radius 3 is 1.88 bits per heavy atom. The molecule has 186 valence electrons. The second-order valence-corrected chi connectivity index (χ2v) is 8.18. The summed E-state index contributed by atoms with van der Waals surface area (Å²) in [5, 5.41) is 5.70. The van der Waals surface area contributed by atoms with Gasteiger partial charge in [0.15, 0.2) is 0 Å². The van der Waals surface area contributed by atoms with Crippen LogP contribution in [0.2, 0.25) is 0 Å². The first kappa shape index (κ1) is 26.9. The number of likely N-dealkylation sites (N-methyl/N-ethyl adjacent to an activating group) is 1. The Balaban J connectivity index is 1.90. The third-order valence-electron chi connectivity index (χ3n) is 5.86. The number of carbonyl (C=O) groups is 2. The van der Waals surface area contributed by atoms with Crippen molar-refractivity contribution in [1.82, 2.24) is 15.5 Å². The monoisotopic (exact) mass is 481 g/mol. The Hall–Kier alpha value is -2.30. The van der Waals surface area contributed by atoms with E-state index >= 15 is 0 Å². The normalized spacial score (nSPS) is 19.3. The maximum absolute atomic E-state index is 13.0. The SMILES string of the molecule is CCN(CC)C(=O)CNCC1CCC(NC(=O)c2cc(C(F)(F)F)cc(C(F)(F)F)c2)CC1. The Morgan fingerprint density at radius 1 is 0.909 bits per heavy atom. The van der Waals surface area contributed by atoms with Crippen LogP contribution in [0.3, 0.4) is 0 Å². The van der Waals surface area contributed by atoms with E-state index in [0.29, 0.717) is 57.5 Å². The van der Waals surface area contributed by atoms with Gasteiger partial charge in [0.1, 0.15) is 0 Å². The summed E-state index contributed by atoms with van der Waals surface area (Å²) < 4.78 is 78.1. The smallest absolute Gasteiger partial charge is 0.349 e. The van der Waals surface area contributed by atoms with E-state index in [1.807, 2.05) is 13.8 Å². The van der Waals surface area contributed by atoms with Crippen LogP contribution >= 0.6 is 0 Å². The average molecular weight is 481 g/mol. The van der Waals surface area contributed by atoms with Crippen LogP contribution in [-0.4, -0.2) is 48.9 Å². The largest absolute Gasteiger partial charge is 0.416 e. The molecule has 1 aliphatic rings. The Morgan fingerprint density at radius 2 is 1.42 bits per heavy atom. The van der Waals surface area contributed by atoms with Gasteiger partial charge in [0.25, 0.3) is 5.91 Å². The van der Waals surface area contributed by atoms with Crippen molar-refractivity contribution < 1.29 is 35.9 Å². The number of nitrogens with one attached hydrogen (secondary N) is 2. The van der Waals surface area contributed by atoms with Gasteiger partial charge < -0.3 is 15.5 Å². The number of benzene rings is 1. The molecule has 2 N–H and O–H groups in total. The van der Waals surface area contributed by atoms with Gasteiger partial charge in [-0.1, -0.05) is 0 Å². The predicted molar refractivity (Wildman–Crippen MR) is 110 cm³/mol. The molecule has 0 aliphatic heterocycles. The number of hydrogen-bond donors (Lipinski definition) is 2. The summed E-state index contributed by atoms with van der Waals surface area (Å²) in [6.07, 6.45) is -7.48. The molecule has 1 aromatic rings. The quantitative estimate of drug-likeness (QED) is 0.539. The molecular weight excluding hydrogens is 452 g/mol. The number of nitrogens with zero attached hydrogens (tertiary/aromatic N) is 1. The highest BCUT2D eigenvalue weighted by atomic mass is 19.4. The van der Waals surface area contributed by atoms with Crippen molar-refractivity contribution in [3.63, 3.8) is 0 Å². The third kappa shape index (κ3) is 7.90.